The highest BCUT2D eigenvalue weighted by Crippen LogP contribution is 2.55. The zero-order valence-corrected chi connectivity index (χ0v) is 23.3. The van der Waals surface area contributed by atoms with Gasteiger partial charge in [0.25, 0.3) is 5.91 Å². The number of carbonyl (C=O) groups is 2. The summed E-state index contributed by atoms with van der Waals surface area (Å²) in [6.07, 6.45) is -2.86. The summed E-state index contributed by atoms with van der Waals surface area (Å²) >= 11 is 13.6. The number of aliphatic hydroxyl groups excluding tert-OH is 1. The van der Waals surface area contributed by atoms with Crippen molar-refractivity contribution in [2.75, 3.05) is 0 Å². The maximum absolute atomic E-state index is 14.2. The highest BCUT2D eigenvalue weighted by atomic mass is 35.5. The van der Waals surface area contributed by atoms with Crippen molar-refractivity contribution in [3.05, 3.63) is 106 Å². The third-order valence-electron chi connectivity index (χ3n) is 7.25. The third-order valence-corrected chi connectivity index (χ3v) is 7.88. The summed E-state index contributed by atoms with van der Waals surface area (Å²) in [4.78, 5) is 29.8. The minimum Gasteiger partial charge on any atom is -0.465 e. The zero-order valence-electron chi connectivity index (χ0n) is 21.8. The van der Waals surface area contributed by atoms with Gasteiger partial charge in [-0.1, -0.05) is 111 Å². The van der Waals surface area contributed by atoms with E-state index < -0.39 is 41.3 Å². The minimum atomic E-state index is -1.93. The monoisotopic (exact) mass is 554 g/mol. The van der Waals surface area contributed by atoms with Crippen LogP contribution in [0.5, 0.6) is 0 Å². The molecular formula is C30H32Cl2N2O4. The smallest absolute Gasteiger partial charge is 0.416 e. The fourth-order valence-electron chi connectivity index (χ4n) is 5.72. The number of nitrogens with zero attached hydrogens (tertiary/aromatic N) is 2. The van der Waals surface area contributed by atoms with E-state index in [1.807, 2.05) is 88.4 Å². The van der Waals surface area contributed by atoms with Crippen molar-refractivity contribution in [1.82, 2.24) is 9.80 Å². The molecule has 3 aromatic rings. The molecule has 1 unspecified atom stereocenters. The molecule has 38 heavy (non-hydrogen) atoms. The van der Waals surface area contributed by atoms with Crippen LogP contribution in [-0.2, 0) is 16.9 Å². The van der Waals surface area contributed by atoms with Gasteiger partial charge in [-0.2, -0.15) is 0 Å². The van der Waals surface area contributed by atoms with Gasteiger partial charge in [-0.05, 0) is 35.6 Å². The predicted octanol–water partition coefficient (Wildman–Crippen LogP) is 6.75. The van der Waals surface area contributed by atoms with Crippen LogP contribution in [0.3, 0.4) is 0 Å². The molecule has 0 aliphatic carbocycles. The number of aliphatic hydroxyl groups is 1. The molecule has 3 aromatic carbocycles. The summed E-state index contributed by atoms with van der Waals surface area (Å²) in [7, 11) is 0. The molecule has 0 radical (unpaired) electrons. The van der Waals surface area contributed by atoms with E-state index in [0.717, 1.165) is 16.0 Å². The summed E-state index contributed by atoms with van der Waals surface area (Å²) in [5.41, 5.74) is -0.845. The van der Waals surface area contributed by atoms with Gasteiger partial charge in [-0.25, -0.2) is 9.69 Å². The highest BCUT2D eigenvalue weighted by molar-refractivity contribution is 6.36. The summed E-state index contributed by atoms with van der Waals surface area (Å²) in [5.74, 6) is -0.643. The Bertz CT molecular complexity index is 1290. The molecule has 1 fully saturated rings. The van der Waals surface area contributed by atoms with Gasteiger partial charge in [0.15, 0.2) is 5.66 Å². The lowest BCUT2D eigenvalue weighted by Crippen LogP contribution is -2.62. The van der Waals surface area contributed by atoms with E-state index >= 15 is 0 Å². The Kier molecular flexibility index (Phi) is 7.91. The summed E-state index contributed by atoms with van der Waals surface area (Å²) in [5, 5.41) is 23.1. The van der Waals surface area contributed by atoms with Crippen molar-refractivity contribution in [3.8, 4) is 0 Å². The Balaban J connectivity index is 2.12. The van der Waals surface area contributed by atoms with E-state index in [2.05, 4.69) is 0 Å². The van der Waals surface area contributed by atoms with Crippen LogP contribution in [0.15, 0.2) is 78.9 Å². The Labute approximate surface area is 233 Å². The average Bonchev–Trinajstić information content (AvgIpc) is 3.14. The molecule has 1 heterocycles. The second kappa shape index (κ2) is 10.7. The topological polar surface area (TPSA) is 81.1 Å². The van der Waals surface area contributed by atoms with Gasteiger partial charge < -0.3 is 10.2 Å². The third kappa shape index (κ3) is 4.71. The van der Waals surface area contributed by atoms with Gasteiger partial charge >= 0.3 is 6.09 Å². The van der Waals surface area contributed by atoms with Crippen molar-refractivity contribution in [2.45, 2.75) is 58.0 Å². The summed E-state index contributed by atoms with van der Waals surface area (Å²) < 4.78 is 0. The molecule has 1 saturated heterocycles. The second-order valence-electron chi connectivity index (χ2n) is 10.7. The van der Waals surface area contributed by atoms with Gasteiger partial charge in [0.2, 0.25) is 0 Å². The molecule has 6 nitrogen and oxygen atoms in total. The van der Waals surface area contributed by atoms with Crippen molar-refractivity contribution < 1.29 is 19.8 Å². The molecule has 2 amide bonds. The minimum absolute atomic E-state index is 0.0499. The number of rotatable bonds is 6. The number of amides is 2. The maximum Gasteiger partial charge on any atom is 0.416 e. The molecule has 0 aromatic heterocycles. The molecular weight excluding hydrogens is 523 g/mol. The van der Waals surface area contributed by atoms with E-state index in [0.29, 0.717) is 0 Å². The largest absolute Gasteiger partial charge is 0.465 e. The quantitative estimate of drug-likeness (QED) is 0.352. The standard InChI is InChI=1S/C30H32Cl2N2O4/c1-19(21-14-9-6-10-15-21)33-26(29(2,3)4)27(36)34(28(37)38)30(33,25-22(31)16-11-17-23(25)32)24(35)18-20-12-7-5-8-13-20/h5-17,19,24,26,35H,18H2,1-4H3,(H,37,38)/t19?,24-,26-,30+/m1/s1. The predicted molar refractivity (Wildman–Crippen MR) is 149 cm³/mol. The van der Waals surface area contributed by atoms with Crippen molar-refractivity contribution in [2.24, 2.45) is 5.41 Å². The van der Waals surface area contributed by atoms with Crippen LogP contribution >= 0.6 is 23.2 Å². The lowest BCUT2D eigenvalue weighted by molar-refractivity contribution is -0.136. The van der Waals surface area contributed by atoms with Crippen LogP contribution in [0, 0.1) is 5.41 Å². The van der Waals surface area contributed by atoms with E-state index in [9.17, 15) is 19.8 Å². The number of hydrogen-bond donors (Lipinski definition) is 2. The molecule has 2 N–H and O–H groups in total. The van der Waals surface area contributed by atoms with Crippen LogP contribution in [-0.4, -0.2) is 44.2 Å². The van der Waals surface area contributed by atoms with Crippen molar-refractivity contribution >= 4 is 35.2 Å². The fourth-order valence-corrected chi connectivity index (χ4v) is 6.39. The Morgan fingerprint density at radius 3 is 1.97 bits per heavy atom. The molecule has 1 aliphatic heterocycles. The Morgan fingerprint density at radius 2 is 1.47 bits per heavy atom. The molecule has 4 atom stereocenters. The molecule has 200 valence electrons. The SMILES string of the molecule is CC(c1ccccc1)N1[C@@H](C(C)(C)C)C(=O)N(C(=O)O)[C@]1(c1c(Cl)cccc1Cl)[C@H](O)Cc1ccccc1. The van der Waals surface area contributed by atoms with E-state index in [1.54, 1.807) is 23.1 Å². The average molecular weight is 556 g/mol. The molecule has 4 rings (SSSR count). The lowest BCUT2D eigenvalue weighted by atomic mass is 9.81. The lowest BCUT2D eigenvalue weighted by Gasteiger charge is -2.50. The normalized spacial score (nSPS) is 21.9. The van der Waals surface area contributed by atoms with E-state index in [4.69, 9.17) is 23.2 Å². The Hall–Kier alpha value is -2.90. The molecule has 0 saturated carbocycles. The number of imide groups is 1. The second-order valence-corrected chi connectivity index (χ2v) is 11.6. The van der Waals surface area contributed by atoms with Gasteiger partial charge in [0, 0.05) is 28.1 Å². The van der Waals surface area contributed by atoms with E-state index in [-0.39, 0.29) is 22.0 Å². The first-order chi connectivity index (χ1) is 17.9. The molecule has 0 bridgehead atoms. The van der Waals surface area contributed by atoms with Gasteiger partial charge in [0.05, 0.1) is 6.04 Å². The Morgan fingerprint density at radius 1 is 0.947 bits per heavy atom. The maximum atomic E-state index is 14.2. The summed E-state index contributed by atoms with van der Waals surface area (Å²) in [6, 6.07) is 22.1. The van der Waals surface area contributed by atoms with Crippen LogP contribution in [0.4, 0.5) is 4.79 Å². The number of hydrogen-bond acceptors (Lipinski definition) is 4. The number of benzene rings is 3. The van der Waals surface area contributed by atoms with Gasteiger partial charge in [-0.3, -0.25) is 9.69 Å². The van der Waals surface area contributed by atoms with Crippen LogP contribution in [0.25, 0.3) is 0 Å². The molecule has 1 aliphatic rings. The van der Waals surface area contributed by atoms with Crippen LogP contribution in [0.2, 0.25) is 10.0 Å². The first-order valence-corrected chi connectivity index (χ1v) is 13.2. The first-order valence-electron chi connectivity index (χ1n) is 12.5. The molecule has 0 spiro atoms. The number of carboxylic acid groups (broad SMARTS) is 1. The van der Waals surface area contributed by atoms with Crippen LogP contribution in [0.1, 0.15) is 50.4 Å². The van der Waals surface area contributed by atoms with Crippen LogP contribution < -0.4 is 0 Å². The number of carbonyl (C=O) groups excluding carboxylic acids is 1. The van der Waals surface area contributed by atoms with Crippen molar-refractivity contribution in [3.63, 3.8) is 0 Å². The van der Waals surface area contributed by atoms with Crippen molar-refractivity contribution in [1.29, 1.82) is 0 Å². The fraction of sp³-hybridized carbons (Fsp3) is 0.333. The molecule has 8 heteroatoms. The van der Waals surface area contributed by atoms with Gasteiger partial charge in [0.1, 0.15) is 6.10 Å². The van der Waals surface area contributed by atoms with E-state index in [1.165, 1.54) is 0 Å². The van der Waals surface area contributed by atoms with Gasteiger partial charge in [-0.15, -0.1) is 0 Å². The highest BCUT2D eigenvalue weighted by Gasteiger charge is 2.68. The first kappa shape index (κ1) is 28.1. The number of halogens is 2. The summed E-state index contributed by atoms with van der Waals surface area (Å²) in [6.45, 7) is 7.55. The zero-order chi connectivity index (χ0) is 27.8.